The molecule has 15 nitrogen and oxygen atoms in total. The third-order valence-electron chi connectivity index (χ3n) is 11.8. The van der Waals surface area contributed by atoms with E-state index in [1.807, 2.05) is 18.2 Å². The molecule has 0 amide bonds. The Morgan fingerprint density at radius 1 is 0.427 bits per heavy atom. The number of carbonyl (C=O) groups excluding carboxylic acids is 3. The molecular formula is C57H30F3N9O6. The Bertz CT molecular complexity index is 3770. The fraction of sp³-hybridized carbons (Fsp3) is 0. The number of imidazole rings is 3. The van der Waals surface area contributed by atoms with Crippen molar-refractivity contribution >= 4 is 51.0 Å². The molecule has 0 aliphatic heterocycles. The smallest absolute Gasteiger partial charge is 0.335 e. The summed E-state index contributed by atoms with van der Waals surface area (Å²) in [5.74, 6) is -4.60. The van der Waals surface area contributed by atoms with Crippen molar-refractivity contribution in [3.8, 4) is 86.7 Å². The highest BCUT2D eigenvalue weighted by Gasteiger charge is 2.32. The van der Waals surface area contributed by atoms with Crippen molar-refractivity contribution in [1.82, 2.24) is 28.7 Å². The molecule has 18 heteroatoms. The van der Waals surface area contributed by atoms with E-state index in [2.05, 4.69) is 19.7 Å². The van der Waals surface area contributed by atoms with Crippen LogP contribution >= 0.6 is 0 Å². The molecule has 3 heterocycles. The van der Waals surface area contributed by atoms with Crippen LogP contribution in [-0.4, -0.2) is 46.6 Å². The molecule has 360 valence electrons. The van der Waals surface area contributed by atoms with Crippen LogP contribution in [0.5, 0.6) is 17.2 Å². The predicted molar refractivity (Wildman–Crippen MR) is 268 cm³/mol. The fourth-order valence-electron chi connectivity index (χ4n) is 8.47. The molecule has 10 rings (SSSR count). The van der Waals surface area contributed by atoms with Crippen molar-refractivity contribution in [3.63, 3.8) is 0 Å². The Morgan fingerprint density at radius 2 is 0.680 bits per heavy atom. The van der Waals surface area contributed by atoms with Crippen molar-refractivity contribution in [2.45, 2.75) is 0 Å². The standard InChI is InChI=1S/C57H30F3N9O6/c1-4-46(70)73-37-16-10-34(11-17-37)67-52-49(64-55(67)40-22-7-31(28-61)25-43(40)58)53-51(66-57(42-24-9-33(30-63)27-45(42)60)68(53)35-12-18-38(19-13-35)74-47(71)5-2)54-50(52)65-56(41-23-8-32(29-62)26-44(41)59)69(54)36-14-20-39(21-15-36)75-48(72)6-3/h4-27H,1-3H2. The van der Waals surface area contributed by atoms with Gasteiger partial charge in [-0.05, 0) is 127 Å². The van der Waals surface area contributed by atoms with Crippen molar-refractivity contribution in [3.05, 3.63) is 200 Å². The first kappa shape index (κ1) is 47.5. The number of esters is 3. The van der Waals surface area contributed by atoms with Crippen LogP contribution in [0.3, 0.4) is 0 Å². The normalized spacial score (nSPS) is 10.9. The molecule has 10 aromatic rings. The van der Waals surface area contributed by atoms with Gasteiger partial charge in [0.25, 0.3) is 0 Å². The number of nitrogens with zero attached hydrogens (tertiary/aromatic N) is 9. The second kappa shape index (κ2) is 19.2. The summed E-state index contributed by atoms with van der Waals surface area (Å²) in [6, 6.07) is 35.5. The Balaban J connectivity index is 1.45. The van der Waals surface area contributed by atoms with Crippen LogP contribution < -0.4 is 14.2 Å². The summed E-state index contributed by atoms with van der Waals surface area (Å²) in [6.45, 7) is 10.4. The van der Waals surface area contributed by atoms with Crippen LogP contribution in [0.4, 0.5) is 13.2 Å². The molecule has 0 unspecified atom stereocenters. The van der Waals surface area contributed by atoms with Gasteiger partial charge in [0.05, 0.1) is 51.6 Å². The van der Waals surface area contributed by atoms with Crippen LogP contribution in [-0.2, 0) is 14.4 Å². The number of hydrogen-bond donors (Lipinski definition) is 0. The number of hydrogen-bond acceptors (Lipinski definition) is 12. The molecule has 0 spiro atoms. The highest BCUT2D eigenvalue weighted by molar-refractivity contribution is 6.22. The van der Waals surface area contributed by atoms with E-state index in [4.69, 9.17) is 29.2 Å². The molecule has 0 saturated carbocycles. The molecule has 0 bridgehead atoms. The lowest BCUT2D eigenvalue weighted by atomic mass is 10.1. The third kappa shape index (κ3) is 8.46. The highest BCUT2D eigenvalue weighted by atomic mass is 19.1. The number of aromatic nitrogens is 6. The summed E-state index contributed by atoms with van der Waals surface area (Å²) in [7, 11) is 0. The molecule has 3 aromatic heterocycles. The lowest BCUT2D eigenvalue weighted by Gasteiger charge is -2.13. The van der Waals surface area contributed by atoms with Gasteiger partial charge < -0.3 is 14.2 Å². The predicted octanol–water partition coefficient (Wildman–Crippen LogP) is 11.0. The summed E-state index contributed by atoms with van der Waals surface area (Å²) in [5, 5.41) is 29.3. The summed E-state index contributed by atoms with van der Waals surface area (Å²) in [4.78, 5) is 52.4. The van der Waals surface area contributed by atoms with Crippen LogP contribution in [0.15, 0.2) is 165 Å². The van der Waals surface area contributed by atoms with Gasteiger partial charge in [-0.1, -0.05) is 19.7 Å². The molecule has 0 saturated heterocycles. The Labute approximate surface area is 422 Å². The van der Waals surface area contributed by atoms with E-state index in [0.717, 1.165) is 36.4 Å². The second-order valence-electron chi connectivity index (χ2n) is 16.2. The van der Waals surface area contributed by atoms with Gasteiger partial charge >= 0.3 is 17.9 Å². The largest absolute Gasteiger partial charge is 0.423 e. The van der Waals surface area contributed by atoms with E-state index >= 15 is 13.2 Å². The second-order valence-corrected chi connectivity index (χ2v) is 16.2. The monoisotopic (exact) mass is 993 g/mol. The Morgan fingerprint density at radius 3 is 0.893 bits per heavy atom. The Kier molecular flexibility index (Phi) is 12.2. The third-order valence-corrected chi connectivity index (χ3v) is 11.8. The summed E-state index contributed by atoms with van der Waals surface area (Å²) in [5.41, 5.74) is 1.21. The van der Waals surface area contributed by atoms with Gasteiger partial charge in [-0.25, -0.2) is 42.5 Å². The van der Waals surface area contributed by atoms with Gasteiger partial charge in [-0.2, -0.15) is 15.8 Å². The SMILES string of the molecule is C=CC(=O)Oc1ccc(-n2c(-c3ccc(C#N)cc3F)nc3c2c2nc(-c4ccc(C#N)cc4F)n(-c4ccc(OC(=O)C=C)cc4)c2c2nc(-c4ccc(C#N)cc4F)n(-c4ccc(OC(=O)C=C)cc4)c32)cc1. The number of carbonyl (C=O) groups is 3. The van der Waals surface area contributed by atoms with Gasteiger partial charge in [0.15, 0.2) is 0 Å². The van der Waals surface area contributed by atoms with Crippen LogP contribution in [0.25, 0.3) is 84.3 Å². The molecule has 75 heavy (non-hydrogen) atoms. The van der Waals surface area contributed by atoms with E-state index in [1.54, 1.807) is 50.1 Å². The van der Waals surface area contributed by atoms with Gasteiger partial charge in [-0.3, -0.25) is 13.7 Å². The average Bonchev–Trinajstić information content (AvgIpc) is 4.16. The minimum Gasteiger partial charge on any atom is -0.423 e. The molecule has 0 aliphatic carbocycles. The van der Waals surface area contributed by atoms with Gasteiger partial charge in [-0.15, -0.1) is 0 Å². The number of benzene rings is 7. The Hall–Kier alpha value is -11.2. The molecule has 0 radical (unpaired) electrons. The van der Waals surface area contributed by atoms with Crippen molar-refractivity contribution < 1.29 is 41.8 Å². The average molecular weight is 994 g/mol. The zero-order chi connectivity index (χ0) is 52.7. The first-order chi connectivity index (χ1) is 36.4. The van der Waals surface area contributed by atoms with Crippen molar-refractivity contribution in [2.24, 2.45) is 0 Å². The van der Waals surface area contributed by atoms with Crippen molar-refractivity contribution in [1.29, 1.82) is 15.8 Å². The van der Waals surface area contributed by atoms with E-state index in [1.165, 1.54) is 72.8 Å². The van der Waals surface area contributed by atoms with Crippen LogP contribution in [0, 0.1) is 51.4 Å². The molecule has 0 aliphatic rings. The molecule has 0 atom stereocenters. The van der Waals surface area contributed by atoms with Crippen molar-refractivity contribution in [2.75, 3.05) is 0 Å². The zero-order valence-electron chi connectivity index (χ0n) is 38.6. The minimum absolute atomic E-state index is 0.00422. The maximum atomic E-state index is 16.7. The molecule has 0 fully saturated rings. The summed E-state index contributed by atoms with van der Waals surface area (Å²) in [6.07, 6.45) is 2.96. The molecular weight excluding hydrogens is 964 g/mol. The maximum absolute atomic E-state index is 16.7. The van der Waals surface area contributed by atoms with Gasteiger partial charge in [0, 0.05) is 35.3 Å². The number of fused-ring (bicyclic) bond motifs is 6. The number of halogens is 3. The summed E-state index contributed by atoms with van der Waals surface area (Å²) >= 11 is 0. The fourth-order valence-corrected chi connectivity index (χ4v) is 8.47. The van der Waals surface area contributed by atoms with E-state index in [0.29, 0.717) is 17.1 Å². The van der Waals surface area contributed by atoms with E-state index in [9.17, 15) is 30.2 Å². The van der Waals surface area contributed by atoms with Crippen LogP contribution in [0.1, 0.15) is 16.7 Å². The molecule has 0 N–H and O–H groups in total. The number of rotatable bonds is 12. The van der Waals surface area contributed by atoms with E-state index in [-0.39, 0.29) is 101 Å². The first-order valence-corrected chi connectivity index (χ1v) is 22.2. The lowest BCUT2D eigenvalue weighted by molar-refractivity contribution is -0.129. The molecule has 7 aromatic carbocycles. The van der Waals surface area contributed by atoms with Crippen LogP contribution in [0.2, 0.25) is 0 Å². The summed E-state index contributed by atoms with van der Waals surface area (Å²) < 4.78 is 70.9. The first-order valence-electron chi connectivity index (χ1n) is 22.2. The number of nitriles is 3. The quantitative estimate of drug-likeness (QED) is 0.0637. The highest BCUT2D eigenvalue weighted by Crippen LogP contribution is 2.45. The topological polar surface area (TPSA) is 204 Å². The maximum Gasteiger partial charge on any atom is 0.335 e. The number of ether oxygens (including phenoxy) is 3. The zero-order valence-corrected chi connectivity index (χ0v) is 38.6. The lowest BCUT2D eigenvalue weighted by Crippen LogP contribution is -2.04. The van der Waals surface area contributed by atoms with Gasteiger partial charge in [0.1, 0.15) is 85.3 Å². The minimum atomic E-state index is -0.851. The van der Waals surface area contributed by atoms with E-state index < -0.39 is 35.4 Å². The van der Waals surface area contributed by atoms with Gasteiger partial charge in [0.2, 0.25) is 0 Å².